The molecule has 1 atom stereocenters. The van der Waals surface area contributed by atoms with Crippen LogP contribution in [0.1, 0.15) is 60.5 Å². The molecule has 170 valence electrons. The third kappa shape index (κ3) is 6.00. The average molecular weight is 464 g/mol. The topological polar surface area (TPSA) is 34.1 Å². The van der Waals surface area contributed by atoms with Crippen molar-refractivity contribution in [3.63, 3.8) is 0 Å². The van der Waals surface area contributed by atoms with Gasteiger partial charge in [0.15, 0.2) is 7.14 Å². The Morgan fingerprint density at radius 3 is 1.77 bits per heavy atom. The monoisotopic (exact) mass is 464 g/mol. The lowest BCUT2D eigenvalue weighted by molar-refractivity contribution is -0.143. The van der Waals surface area contributed by atoms with Crippen LogP contribution in [0.5, 0.6) is 0 Å². The molecule has 0 saturated carbocycles. The van der Waals surface area contributed by atoms with E-state index < -0.39 is 41.7 Å². The van der Waals surface area contributed by atoms with Gasteiger partial charge in [-0.25, -0.2) is 0 Å². The zero-order chi connectivity index (χ0) is 23.3. The summed E-state index contributed by atoms with van der Waals surface area (Å²) >= 11 is 0. The SMILES string of the molecule is CCCCCCCP(=O)(C(=O)c1c(C(F)(F)F)cccc1C(F)(F)F)c1ccccc1. The van der Waals surface area contributed by atoms with Gasteiger partial charge in [-0.05, 0) is 18.6 Å². The summed E-state index contributed by atoms with van der Waals surface area (Å²) in [6.07, 6.45) is -7.31. The largest absolute Gasteiger partial charge is 0.417 e. The van der Waals surface area contributed by atoms with Gasteiger partial charge in [0.25, 0.3) is 0 Å². The molecule has 0 saturated heterocycles. The van der Waals surface area contributed by atoms with Crippen LogP contribution < -0.4 is 5.30 Å². The molecule has 2 rings (SSSR count). The first-order valence-electron chi connectivity index (χ1n) is 9.90. The maximum Gasteiger partial charge on any atom is 0.417 e. The molecule has 9 heteroatoms. The Kier molecular flexibility index (Phi) is 8.15. The Balaban J connectivity index is 2.63. The summed E-state index contributed by atoms with van der Waals surface area (Å²) < 4.78 is 95.1. The summed E-state index contributed by atoms with van der Waals surface area (Å²) in [6, 6.07) is 8.52. The molecule has 0 N–H and O–H groups in total. The fourth-order valence-electron chi connectivity index (χ4n) is 3.39. The van der Waals surface area contributed by atoms with Gasteiger partial charge in [-0.3, -0.25) is 4.79 Å². The average Bonchev–Trinajstić information content (AvgIpc) is 2.71. The Morgan fingerprint density at radius 1 is 0.774 bits per heavy atom. The number of hydrogen-bond donors (Lipinski definition) is 0. The normalized spacial score (nSPS) is 14.3. The minimum atomic E-state index is -5.21. The molecule has 0 aliphatic carbocycles. The maximum atomic E-state index is 13.8. The first kappa shape index (κ1) is 25.2. The highest BCUT2D eigenvalue weighted by molar-refractivity contribution is 7.87. The van der Waals surface area contributed by atoms with E-state index >= 15 is 0 Å². The van der Waals surface area contributed by atoms with E-state index in [1.807, 2.05) is 6.92 Å². The number of carbonyl (C=O) groups is 1. The second kappa shape index (κ2) is 10.0. The number of alkyl halides is 6. The summed E-state index contributed by atoms with van der Waals surface area (Å²) in [7, 11) is -4.27. The number of unbranched alkanes of at least 4 members (excludes halogenated alkanes) is 4. The van der Waals surface area contributed by atoms with Gasteiger partial charge in [0.2, 0.25) is 5.52 Å². The molecule has 0 spiro atoms. The van der Waals surface area contributed by atoms with E-state index in [0.29, 0.717) is 24.6 Å². The molecule has 0 heterocycles. The van der Waals surface area contributed by atoms with Crippen LogP contribution in [0, 0.1) is 0 Å². The fourth-order valence-corrected chi connectivity index (χ4v) is 6.01. The number of carbonyl (C=O) groups excluding carboxylic acids is 1. The first-order valence-corrected chi connectivity index (χ1v) is 11.8. The quantitative estimate of drug-likeness (QED) is 0.218. The van der Waals surface area contributed by atoms with Crippen LogP contribution in [0.15, 0.2) is 48.5 Å². The lowest BCUT2D eigenvalue weighted by Crippen LogP contribution is -2.24. The second-order valence-corrected chi connectivity index (χ2v) is 10.1. The molecule has 0 fully saturated rings. The van der Waals surface area contributed by atoms with Crippen LogP contribution in [0.25, 0.3) is 0 Å². The summed E-state index contributed by atoms with van der Waals surface area (Å²) in [4.78, 5) is 13.3. The van der Waals surface area contributed by atoms with Gasteiger partial charge in [0.1, 0.15) is 0 Å². The van der Waals surface area contributed by atoms with Gasteiger partial charge in [0, 0.05) is 11.5 Å². The van der Waals surface area contributed by atoms with E-state index in [4.69, 9.17) is 0 Å². The molecular formula is C22H23F6O2P. The predicted octanol–water partition coefficient (Wildman–Crippen LogP) is 7.52. The molecule has 0 aliphatic rings. The minimum Gasteiger partial charge on any atom is -0.310 e. The van der Waals surface area contributed by atoms with Gasteiger partial charge in [-0.15, -0.1) is 0 Å². The number of benzene rings is 2. The summed E-state index contributed by atoms with van der Waals surface area (Å²) in [5.74, 6) is 0. The standard InChI is InChI=1S/C22H23F6O2P/c1-2-3-4-5-9-15-31(30,16-11-7-6-8-12-16)20(29)19-17(21(23,24)25)13-10-14-18(19)22(26,27)28/h6-8,10-14H,2-5,9,15H2,1H3. The van der Waals surface area contributed by atoms with Crippen molar-refractivity contribution < 1.29 is 35.7 Å². The number of halogens is 6. The summed E-state index contributed by atoms with van der Waals surface area (Å²) in [5.41, 5.74) is -6.62. The Bertz CT molecular complexity index is 903. The van der Waals surface area contributed by atoms with Crippen molar-refractivity contribution in [2.45, 2.75) is 51.4 Å². The lowest BCUT2D eigenvalue weighted by atomic mass is 10.0. The zero-order valence-corrected chi connectivity index (χ0v) is 17.8. The first-order chi connectivity index (χ1) is 14.4. The van der Waals surface area contributed by atoms with Crippen LogP contribution in [-0.4, -0.2) is 11.7 Å². The van der Waals surface area contributed by atoms with Crippen LogP contribution in [-0.2, 0) is 16.9 Å². The van der Waals surface area contributed by atoms with E-state index in [0.717, 1.165) is 19.3 Å². The highest BCUT2D eigenvalue weighted by Crippen LogP contribution is 2.52. The Hall–Kier alpha value is -2.08. The molecule has 0 radical (unpaired) electrons. The maximum absolute atomic E-state index is 13.8. The van der Waals surface area contributed by atoms with Crippen molar-refractivity contribution >= 4 is 18.0 Å². The van der Waals surface area contributed by atoms with Crippen LogP contribution >= 0.6 is 7.14 Å². The van der Waals surface area contributed by atoms with Gasteiger partial charge in [-0.2, -0.15) is 26.3 Å². The van der Waals surface area contributed by atoms with Crippen molar-refractivity contribution in [2.24, 2.45) is 0 Å². The molecule has 0 amide bonds. The number of hydrogen-bond acceptors (Lipinski definition) is 2. The highest BCUT2D eigenvalue weighted by atomic mass is 31.2. The fraction of sp³-hybridized carbons (Fsp3) is 0.409. The van der Waals surface area contributed by atoms with Gasteiger partial charge >= 0.3 is 12.4 Å². The third-order valence-electron chi connectivity index (χ3n) is 4.97. The van der Waals surface area contributed by atoms with E-state index in [2.05, 4.69) is 0 Å². The van der Waals surface area contributed by atoms with E-state index in [1.165, 1.54) is 24.3 Å². The number of rotatable bonds is 9. The molecule has 31 heavy (non-hydrogen) atoms. The van der Waals surface area contributed by atoms with Crippen LogP contribution in [0.3, 0.4) is 0 Å². The molecule has 2 nitrogen and oxygen atoms in total. The molecule has 2 aromatic carbocycles. The highest BCUT2D eigenvalue weighted by Gasteiger charge is 2.47. The summed E-state index contributed by atoms with van der Waals surface area (Å²) in [5, 5.41) is -0.0411. The third-order valence-corrected chi connectivity index (χ3v) is 7.93. The van der Waals surface area contributed by atoms with E-state index in [9.17, 15) is 35.7 Å². The van der Waals surface area contributed by atoms with Crippen molar-refractivity contribution in [3.05, 3.63) is 65.2 Å². The van der Waals surface area contributed by atoms with Crippen molar-refractivity contribution in [3.8, 4) is 0 Å². The molecular weight excluding hydrogens is 441 g/mol. The van der Waals surface area contributed by atoms with Gasteiger partial charge in [-0.1, -0.05) is 69.0 Å². The van der Waals surface area contributed by atoms with Gasteiger partial charge < -0.3 is 4.57 Å². The summed E-state index contributed by atoms with van der Waals surface area (Å²) in [6.45, 7) is 1.98. The van der Waals surface area contributed by atoms with Gasteiger partial charge in [0.05, 0.1) is 16.7 Å². The molecule has 1 unspecified atom stereocenters. The zero-order valence-electron chi connectivity index (χ0n) is 16.9. The second-order valence-electron chi connectivity index (χ2n) is 7.24. The molecule has 0 aliphatic heterocycles. The Labute approximate surface area is 177 Å². The van der Waals surface area contributed by atoms with E-state index in [-0.39, 0.29) is 17.9 Å². The van der Waals surface area contributed by atoms with Crippen LogP contribution in [0.2, 0.25) is 0 Å². The smallest absolute Gasteiger partial charge is 0.310 e. The molecule has 0 bridgehead atoms. The van der Waals surface area contributed by atoms with Crippen molar-refractivity contribution in [2.75, 3.05) is 6.16 Å². The van der Waals surface area contributed by atoms with E-state index in [1.54, 1.807) is 6.07 Å². The molecule has 0 aromatic heterocycles. The van der Waals surface area contributed by atoms with Crippen molar-refractivity contribution in [1.82, 2.24) is 0 Å². The minimum absolute atomic E-state index is 0.0411. The predicted molar refractivity (Wildman–Crippen MR) is 108 cm³/mol. The Morgan fingerprint density at radius 2 is 1.29 bits per heavy atom. The molecule has 2 aromatic rings. The lowest BCUT2D eigenvalue weighted by Gasteiger charge is -2.23. The van der Waals surface area contributed by atoms with Crippen molar-refractivity contribution in [1.29, 1.82) is 0 Å². The van der Waals surface area contributed by atoms with Crippen LogP contribution in [0.4, 0.5) is 26.3 Å².